The maximum Gasteiger partial charge on any atom is 0.534 e. The van der Waals surface area contributed by atoms with Crippen molar-refractivity contribution in [2.75, 3.05) is 0 Å². The van der Waals surface area contributed by atoms with Gasteiger partial charge in [0.05, 0.1) is 6.42 Å². The Bertz CT molecular complexity index is 932. The molecule has 0 atom stereocenters. The lowest BCUT2D eigenvalue weighted by molar-refractivity contribution is -0.136. The maximum absolute atomic E-state index is 12.7. The molecular formula is C18H17F3O5S. The summed E-state index contributed by atoms with van der Waals surface area (Å²) in [5.74, 6) is -1.44. The van der Waals surface area contributed by atoms with Gasteiger partial charge in [0.15, 0.2) is 5.75 Å². The van der Waals surface area contributed by atoms with Crippen molar-refractivity contribution in [2.24, 2.45) is 0 Å². The quantitative estimate of drug-likeness (QED) is 0.575. The Balaban J connectivity index is 2.55. The van der Waals surface area contributed by atoms with Gasteiger partial charge in [-0.05, 0) is 34.7 Å². The summed E-state index contributed by atoms with van der Waals surface area (Å²) in [5, 5.41) is 8.91. The van der Waals surface area contributed by atoms with Crippen LogP contribution < -0.4 is 4.18 Å². The summed E-state index contributed by atoms with van der Waals surface area (Å²) in [6.07, 6.45) is -0.372. The maximum atomic E-state index is 12.7. The molecule has 9 heteroatoms. The zero-order valence-corrected chi connectivity index (χ0v) is 15.3. The predicted molar refractivity (Wildman–Crippen MR) is 92.9 cm³/mol. The third-order valence-electron chi connectivity index (χ3n) is 3.77. The third-order valence-corrected chi connectivity index (χ3v) is 4.74. The molecule has 0 aliphatic rings. The van der Waals surface area contributed by atoms with E-state index in [1.54, 1.807) is 24.3 Å². The number of carboxylic acids is 1. The molecule has 27 heavy (non-hydrogen) atoms. The lowest BCUT2D eigenvalue weighted by atomic mass is 9.97. The van der Waals surface area contributed by atoms with Gasteiger partial charge in [-0.2, -0.15) is 21.6 Å². The Morgan fingerprint density at radius 2 is 1.70 bits per heavy atom. The SMILES string of the molecule is CC(C)c1ccc(-c2cc(CC(=O)O)ccc2OS(=O)(=O)C(F)(F)F)cc1. The molecule has 2 aromatic rings. The second-order valence-corrected chi connectivity index (χ2v) is 7.70. The Kier molecular flexibility index (Phi) is 5.84. The first kappa shape index (κ1) is 20.8. The van der Waals surface area contributed by atoms with Crippen LogP contribution in [0.5, 0.6) is 5.75 Å². The standard InChI is InChI=1S/C18H17F3O5S/c1-11(2)13-4-6-14(7-5-13)15-9-12(10-17(22)23)3-8-16(15)26-27(24,25)18(19,20)21/h3-9,11H,10H2,1-2H3,(H,22,23). The van der Waals surface area contributed by atoms with Crippen LogP contribution in [0.15, 0.2) is 42.5 Å². The van der Waals surface area contributed by atoms with Crippen LogP contribution >= 0.6 is 0 Å². The van der Waals surface area contributed by atoms with Gasteiger partial charge in [0.25, 0.3) is 0 Å². The topological polar surface area (TPSA) is 80.7 Å². The minimum absolute atomic E-state index is 0.0527. The van der Waals surface area contributed by atoms with Gasteiger partial charge < -0.3 is 9.29 Å². The smallest absolute Gasteiger partial charge is 0.481 e. The zero-order valence-electron chi connectivity index (χ0n) is 14.4. The first-order valence-corrected chi connectivity index (χ1v) is 9.27. The second kappa shape index (κ2) is 7.59. The Morgan fingerprint density at radius 1 is 1.11 bits per heavy atom. The molecule has 0 unspecified atom stereocenters. The predicted octanol–water partition coefficient (Wildman–Crippen LogP) is 4.33. The summed E-state index contributed by atoms with van der Waals surface area (Å²) in [6.45, 7) is 3.93. The number of hydrogen-bond acceptors (Lipinski definition) is 4. The van der Waals surface area contributed by atoms with Crippen LogP contribution in [0.3, 0.4) is 0 Å². The summed E-state index contributed by atoms with van der Waals surface area (Å²) in [5.41, 5.74) is -3.85. The highest BCUT2D eigenvalue weighted by atomic mass is 32.2. The van der Waals surface area contributed by atoms with E-state index in [1.165, 1.54) is 12.1 Å². The highest BCUT2D eigenvalue weighted by Gasteiger charge is 2.48. The number of alkyl halides is 3. The van der Waals surface area contributed by atoms with Crippen molar-refractivity contribution in [1.82, 2.24) is 0 Å². The van der Waals surface area contributed by atoms with Crippen molar-refractivity contribution < 1.29 is 35.7 Å². The molecule has 0 aliphatic heterocycles. The number of carbonyl (C=O) groups is 1. The molecule has 0 radical (unpaired) electrons. The molecule has 0 spiro atoms. The van der Waals surface area contributed by atoms with E-state index in [2.05, 4.69) is 4.18 Å². The van der Waals surface area contributed by atoms with Crippen molar-refractivity contribution in [1.29, 1.82) is 0 Å². The van der Waals surface area contributed by atoms with Crippen LogP contribution in [-0.2, 0) is 21.3 Å². The molecular weight excluding hydrogens is 385 g/mol. The van der Waals surface area contributed by atoms with E-state index in [1.807, 2.05) is 13.8 Å². The molecule has 0 amide bonds. The Hall–Kier alpha value is -2.55. The summed E-state index contributed by atoms with van der Waals surface area (Å²) in [7, 11) is -5.86. The first-order chi connectivity index (χ1) is 12.4. The highest BCUT2D eigenvalue weighted by Crippen LogP contribution is 2.35. The van der Waals surface area contributed by atoms with E-state index < -0.39 is 27.3 Å². The highest BCUT2D eigenvalue weighted by molar-refractivity contribution is 7.88. The molecule has 0 heterocycles. The van der Waals surface area contributed by atoms with Gasteiger partial charge in [0.2, 0.25) is 0 Å². The molecule has 146 valence electrons. The fourth-order valence-corrected chi connectivity index (χ4v) is 2.85. The van der Waals surface area contributed by atoms with Crippen molar-refractivity contribution in [3.05, 3.63) is 53.6 Å². The van der Waals surface area contributed by atoms with Gasteiger partial charge in [-0.1, -0.05) is 44.2 Å². The number of carboxylic acid groups (broad SMARTS) is 1. The van der Waals surface area contributed by atoms with Crippen molar-refractivity contribution in [3.63, 3.8) is 0 Å². The van der Waals surface area contributed by atoms with E-state index in [9.17, 15) is 26.4 Å². The van der Waals surface area contributed by atoms with E-state index in [0.29, 0.717) is 11.1 Å². The normalized spacial score (nSPS) is 12.2. The van der Waals surface area contributed by atoms with Gasteiger partial charge in [-0.25, -0.2) is 0 Å². The molecule has 2 rings (SSSR count). The van der Waals surface area contributed by atoms with Gasteiger partial charge in [0.1, 0.15) is 0 Å². The third kappa shape index (κ3) is 5.00. The van der Waals surface area contributed by atoms with Crippen LogP contribution in [-0.4, -0.2) is 25.0 Å². The average molecular weight is 402 g/mol. The van der Waals surface area contributed by atoms with E-state index in [4.69, 9.17) is 5.11 Å². The van der Waals surface area contributed by atoms with Crippen LogP contribution in [0.2, 0.25) is 0 Å². The molecule has 1 N–H and O–H groups in total. The number of rotatable bonds is 6. The monoisotopic (exact) mass is 402 g/mol. The van der Waals surface area contributed by atoms with Crippen molar-refractivity contribution in [3.8, 4) is 16.9 Å². The summed E-state index contributed by atoms with van der Waals surface area (Å²) in [4.78, 5) is 10.9. The fraction of sp³-hybridized carbons (Fsp3) is 0.278. The van der Waals surface area contributed by atoms with E-state index in [0.717, 1.165) is 11.6 Å². The summed E-state index contributed by atoms with van der Waals surface area (Å²) >= 11 is 0. The largest absolute Gasteiger partial charge is 0.534 e. The van der Waals surface area contributed by atoms with Crippen LogP contribution in [0.4, 0.5) is 13.2 Å². The zero-order chi connectivity index (χ0) is 20.4. The molecule has 0 saturated carbocycles. The van der Waals surface area contributed by atoms with Crippen LogP contribution in [0, 0.1) is 0 Å². The summed E-state index contributed by atoms with van der Waals surface area (Å²) < 4.78 is 65.0. The van der Waals surface area contributed by atoms with E-state index >= 15 is 0 Å². The van der Waals surface area contributed by atoms with Gasteiger partial charge in [0, 0.05) is 5.56 Å². The molecule has 0 aliphatic carbocycles. The molecule has 0 saturated heterocycles. The first-order valence-electron chi connectivity index (χ1n) is 7.86. The molecule has 5 nitrogen and oxygen atoms in total. The minimum atomic E-state index is -5.86. The Labute approximate surface area is 154 Å². The lowest BCUT2D eigenvalue weighted by Gasteiger charge is -2.15. The molecule has 0 aromatic heterocycles. The molecule has 0 bridgehead atoms. The molecule has 2 aromatic carbocycles. The number of benzene rings is 2. The number of aliphatic carboxylic acids is 1. The van der Waals surface area contributed by atoms with Gasteiger partial charge >= 0.3 is 21.6 Å². The van der Waals surface area contributed by atoms with Gasteiger partial charge in [-0.3, -0.25) is 4.79 Å². The van der Waals surface area contributed by atoms with E-state index in [-0.39, 0.29) is 17.9 Å². The van der Waals surface area contributed by atoms with Crippen LogP contribution in [0.1, 0.15) is 30.9 Å². The number of hydrogen-bond donors (Lipinski definition) is 1. The number of halogens is 3. The summed E-state index contributed by atoms with van der Waals surface area (Å²) in [6, 6.07) is 10.3. The molecule has 0 fully saturated rings. The fourth-order valence-electron chi connectivity index (χ4n) is 2.37. The van der Waals surface area contributed by atoms with Gasteiger partial charge in [-0.15, -0.1) is 0 Å². The van der Waals surface area contributed by atoms with Crippen LogP contribution in [0.25, 0.3) is 11.1 Å². The Morgan fingerprint density at radius 3 is 2.19 bits per heavy atom. The minimum Gasteiger partial charge on any atom is -0.481 e. The second-order valence-electron chi connectivity index (χ2n) is 6.16. The van der Waals surface area contributed by atoms with Crippen molar-refractivity contribution >= 4 is 16.1 Å². The van der Waals surface area contributed by atoms with Crippen molar-refractivity contribution in [2.45, 2.75) is 31.7 Å². The average Bonchev–Trinajstić information content (AvgIpc) is 2.54. The lowest BCUT2D eigenvalue weighted by Crippen LogP contribution is -2.28.